The topological polar surface area (TPSA) is 3.24 Å². The third kappa shape index (κ3) is 3.03. The van der Waals surface area contributed by atoms with E-state index in [0.717, 1.165) is 13.1 Å². The summed E-state index contributed by atoms with van der Waals surface area (Å²) >= 11 is 0. The molecule has 20 heavy (non-hydrogen) atoms. The van der Waals surface area contributed by atoms with Gasteiger partial charge in [-0.3, -0.25) is 0 Å². The Labute approximate surface area is 122 Å². The molecule has 0 radical (unpaired) electrons. The molecule has 0 bridgehead atoms. The van der Waals surface area contributed by atoms with Crippen LogP contribution in [0.2, 0.25) is 0 Å². The van der Waals surface area contributed by atoms with Crippen molar-refractivity contribution < 1.29 is 0 Å². The first kappa shape index (κ1) is 14.2. The molecule has 2 aromatic carbocycles. The second kappa shape index (κ2) is 6.82. The molecule has 0 aromatic heterocycles. The van der Waals surface area contributed by atoms with Gasteiger partial charge in [-0.25, -0.2) is 0 Å². The molecule has 0 spiro atoms. The highest BCUT2D eigenvalue weighted by atomic mass is 15.1. The van der Waals surface area contributed by atoms with E-state index in [9.17, 15) is 0 Å². The van der Waals surface area contributed by atoms with Crippen molar-refractivity contribution in [2.24, 2.45) is 0 Å². The fourth-order valence-corrected chi connectivity index (χ4v) is 2.50. The summed E-state index contributed by atoms with van der Waals surface area (Å²) in [6.07, 6.45) is 5.73. The summed E-state index contributed by atoms with van der Waals surface area (Å²) in [4.78, 5) is 2.33. The molecule has 2 aromatic rings. The van der Waals surface area contributed by atoms with E-state index >= 15 is 0 Å². The number of nitrogens with zero attached hydrogens (tertiary/aromatic N) is 1. The third-order valence-electron chi connectivity index (χ3n) is 3.65. The van der Waals surface area contributed by atoms with Crippen LogP contribution in [0.1, 0.15) is 30.9 Å². The molecule has 1 unspecified atom stereocenters. The number of rotatable bonds is 5. The highest BCUT2D eigenvalue weighted by molar-refractivity contribution is 5.50. The van der Waals surface area contributed by atoms with Crippen LogP contribution >= 0.6 is 0 Å². The zero-order valence-electron chi connectivity index (χ0n) is 12.2. The van der Waals surface area contributed by atoms with Gasteiger partial charge >= 0.3 is 0 Å². The summed E-state index contributed by atoms with van der Waals surface area (Å²) in [5.74, 6) is 2.93. The van der Waals surface area contributed by atoms with Gasteiger partial charge in [0.25, 0.3) is 0 Å². The summed E-state index contributed by atoms with van der Waals surface area (Å²) in [5.41, 5.74) is 3.60. The second-order valence-electron chi connectivity index (χ2n) is 4.77. The molecular weight excluding hydrogens is 242 g/mol. The van der Waals surface area contributed by atoms with Crippen molar-refractivity contribution >= 4 is 5.69 Å². The standard InChI is InChI=1S/C19H21N/c1-4-19(16-10-8-7-9-11-16)17-12-14-18(15-13-17)20(5-2)6-3/h1,7-15,19H,5-6H2,2-3H3. The van der Waals surface area contributed by atoms with E-state index in [2.05, 4.69) is 61.1 Å². The van der Waals surface area contributed by atoms with Crippen molar-refractivity contribution in [3.63, 3.8) is 0 Å². The van der Waals surface area contributed by atoms with Gasteiger partial charge in [0.05, 0.1) is 5.92 Å². The van der Waals surface area contributed by atoms with Crippen LogP contribution < -0.4 is 4.90 Å². The number of benzene rings is 2. The summed E-state index contributed by atoms with van der Waals surface area (Å²) in [5, 5.41) is 0. The van der Waals surface area contributed by atoms with Crippen molar-refractivity contribution in [1.29, 1.82) is 0 Å². The Morgan fingerprint density at radius 1 is 0.900 bits per heavy atom. The predicted molar refractivity (Wildman–Crippen MR) is 87.1 cm³/mol. The molecule has 0 saturated heterocycles. The molecule has 1 nitrogen and oxygen atoms in total. The molecule has 0 N–H and O–H groups in total. The van der Waals surface area contributed by atoms with Crippen LogP contribution in [0.15, 0.2) is 54.6 Å². The number of hydrogen-bond acceptors (Lipinski definition) is 1. The highest BCUT2D eigenvalue weighted by Gasteiger charge is 2.11. The van der Waals surface area contributed by atoms with Gasteiger partial charge in [0.15, 0.2) is 0 Å². The number of hydrogen-bond donors (Lipinski definition) is 0. The average Bonchev–Trinajstić information content (AvgIpc) is 2.52. The Hall–Kier alpha value is -2.20. The zero-order chi connectivity index (χ0) is 14.4. The second-order valence-corrected chi connectivity index (χ2v) is 4.77. The van der Waals surface area contributed by atoms with E-state index in [-0.39, 0.29) is 5.92 Å². The Kier molecular flexibility index (Phi) is 4.85. The normalized spacial score (nSPS) is 11.7. The molecule has 1 atom stereocenters. The highest BCUT2D eigenvalue weighted by Crippen LogP contribution is 2.25. The third-order valence-corrected chi connectivity index (χ3v) is 3.65. The van der Waals surface area contributed by atoms with Crippen LogP contribution in [-0.4, -0.2) is 13.1 Å². The minimum Gasteiger partial charge on any atom is -0.372 e. The van der Waals surface area contributed by atoms with Crippen molar-refractivity contribution in [3.05, 3.63) is 65.7 Å². The lowest BCUT2D eigenvalue weighted by Gasteiger charge is -2.21. The van der Waals surface area contributed by atoms with Crippen LogP contribution in [0.25, 0.3) is 0 Å². The molecule has 0 aliphatic heterocycles. The molecule has 2 rings (SSSR count). The van der Waals surface area contributed by atoms with Gasteiger partial charge < -0.3 is 4.90 Å². The lowest BCUT2D eigenvalue weighted by Crippen LogP contribution is -2.21. The van der Waals surface area contributed by atoms with Crippen LogP contribution in [0.5, 0.6) is 0 Å². The van der Waals surface area contributed by atoms with Gasteiger partial charge in [0, 0.05) is 18.8 Å². The van der Waals surface area contributed by atoms with Crippen LogP contribution in [-0.2, 0) is 0 Å². The predicted octanol–water partition coefficient (Wildman–Crippen LogP) is 4.30. The number of anilines is 1. The Morgan fingerprint density at radius 2 is 1.45 bits per heavy atom. The maximum atomic E-state index is 5.73. The summed E-state index contributed by atoms with van der Waals surface area (Å²) in [7, 11) is 0. The SMILES string of the molecule is C#CC(c1ccccc1)c1ccc(N(CC)CC)cc1. The van der Waals surface area contributed by atoms with Gasteiger partial charge in [-0.2, -0.15) is 0 Å². The van der Waals surface area contributed by atoms with Crippen molar-refractivity contribution in [3.8, 4) is 12.3 Å². The molecule has 0 amide bonds. The van der Waals surface area contributed by atoms with Crippen molar-refractivity contribution in [2.75, 3.05) is 18.0 Å². The smallest absolute Gasteiger partial charge is 0.0699 e. The van der Waals surface area contributed by atoms with Gasteiger partial charge in [0.1, 0.15) is 0 Å². The van der Waals surface area contributed by atoms with Crippen LogP contribution in [0, 0.1) is 12.3 Å². The fraction of sp³-hybridized carbons (Fsp3) is 0.263. The van der Waals surface area contributed by atoms with E-state index in [0.29, 0.717) is 0 Å². The fourth-order valence-electron chi connectivity index (χ4n) is 2.50. The Bertz CT molecular complexity index is 559. The van der Waals surface area contributed by atoms with Gasteiger partial charge in [0.2, 0.25) is 0 Å². The Balaban J connectivity index is 2.27. The maximum absolute atomic E-state index is 5.73. The average molecular weight is 263 g/mol. The lowest BCUT2D eigenvalue weighted by atomic mass is 9.92. The molecule has 0 saturated carbocycles. The quantitative estimate of drug-likeness (QED) is 0.727. The van der Waals surface area contributed by atoms with E-state index in [1.165, 1.54) is 16.8 Å². The molecule has 0 heterocycles. The maximum Gasteiger partial charge on any atom is 0.0699 e. The largest absolute Gasteiger partial charge is 0.372 e. The van der Waals surface area contributed by atoms with E-state index < -0.39 is 0 Å². The van der Waals surface area contributed by atoms with Crippen molar-refractivity contribution in [1.82, 2.24) is 0 Å². The minimum absolute atomic E-state index is 0.0296. The summed E-state index contributed by atoms with van der Waals surface area (Å²) < 4.78 is 0. The van der Waals surface area contributed by atoms with Crippen molar-refractivity contribution in [2.45, 2.75) is 19.8 Å². The molecule has 0 aliphatic rings. The van der Waals surface area contributed by atoms with Crippen LogP contribution in [0.4, 0.5) is 5.69 Å². The first-order valence-corrected chi connectivity index (χ1v) is 7.16. The monoisotopic (exact) mass is 263 g/mol. The molecule has 0 aliphatic carbocycles. The number of terminal acetylenes is 1. The molecular formula is C19H21N. The van der Waals surface area contributed by atoms with Gasteiger partial charge in [-0.1, -0.05) is 48.4 Å². The van der Waals surface area contributed by atoms with Crippen LogP contribution in [0.3, 0.4) is 0 Å². The molecule has 102 valence electrons. The van der Waals surface area contributed by atoms with Gasteiger partial charge in [-0.05, 0) is 37.1 Å². The van der Waals surface area contributed by atoms with E-state index in [1.807, 2.05) is 18.2 Å². The summed E-state index contributed by atoms with van der Waals surface area (Å²) in [6.45, 7) is 6.39. The summed E-state index contributed by atoms with van der Waals surface area (Å²) in [6, 6.07) is 18.9. The first-order chi connectivity index (χ1) is 9.80. The van der Waals surface area contributed by atoms with E-state index in [1.54, 1.807) is 0 Å². The molecule has 1 heteroatoms. The van der Waals surface area contributed by atoms with E-state index in [4.69, 9.17) is 6.42 Å². The zero-order valence-corrected chi connectivity index (χ0v) is 12.2. The first-order valence-electron chi connectivity index (χ1n) is 7.16. The van der Waals surface area contributed by atoms with Gasteiger partial charge in [-0.15, -0.1) is 6.42 Å². The Morgan fingerprint density at radius 3 is 1.95 bits per heavy atom. The molecule has 0 fully saturated rings. The lowest BCUT2D eigenvalue weighted by molar-refractivity contribution is 0.865. The minimum atomic E-state index is 0.0296.